The molecular weight excluding hydrogens is 232 g/mol. The Hall–Kier alpha value is -1.34. The van der Waals surface area contributed by atoms with Crippen LogP contribution in [0.5, 0.6) is 0 Å². The third kappa shape index (κ3) is 2.37. The zero-order chi connectivity index (χ0) is 11.6. The Morgan fingerprint density at radius 1 is 1.67 bits per heavy atom. The van der Waals surface area contributed by atoms with E-state index in [1.54, 1.807) is 0 Å². The van der Waals surface area contributed by atoms with Crippen LogP contribution in [0.2, 0.25) is 5.02 Å². The number of halogens is 3. The van der Waals surface area contributed by atoms with Crippen molar-refractivity contribution < 1.29 is 13.7 Å². The van der Waals surface area contributed by atoms with Crippen molar-refractivity contribution >= 4 is 17.4 Å². The second-order valence-electron chi connectivity index (χ2n) is 2.59. The Morgan fingerprint density at radius 3 is 2.67 bits per heavy atom. The van der Waals surface area contributed by atoms with E-state index in [0.717, 1.165) is 6.07 Å². The topological polar surface area (TPSA) is 82.0 Å². The zero-order valence-corrected chi connectivity index (χ0v) is 8.04. The normalized spacial score (nSPS) is 10.7. The van der Waals surface area contributed by atoms with E-state index in [4.69, 9.17) is 17.3 Å². The number of nitro groups is 1. The van der Waals surface area contributed by atoms with Crippen LogP contribution >= 0.6 is 11.6 Å². The van der Waals surface area contributed by atoms with E-state index in [-0.39, 0.29) is 17.1 Å². The molecule has 2 N–H and O–H groups in total. The molecule has 0 atom stereocenters. The van der Waals surface area contributed by atoms with Crippen LogP contribution in [0.4, 0.5) is 14.6 Å². The summed E-state index contributed by atoms with van der Waals surface area (Å²) in [5, 5.41) is 10.2. The fourth-order valence-corrected chi connectivity index (χ4v) is 1.29. The lowest BCUT2D eigenvalue weighted by Crippen LogP contribution is -2.07. The van der Waals surface area contributed by atoms with Crippen molar-refractivity contribution in [2.24, 2.45) is 5.73 Å². The van der Waals surface area contributed by atoms with Crippen LogP contribution in [0.25, 0.3) is 0 Å². The molecule has 82 valence electrons. The number of alkyl halides is 2. The molecule has 0 bridgehead atoms. The van der Waals surface area contributed by atoms with Gasteiger partial charge in [0.05, 0.1) is 11.1 Å². The van der Waals surface area contributed by atoms with Crippen LogP contribution in [-0.2, 0) is 6.54 Å². The Balaban J connectivity index is 3.38. The van der Waals surface area contributed by atoms with E-state index in [1.165, 1.54) is 0 Å². The molecule has 0 amide bonds. The number of rotatable bonds is 3. The van der Waals surface area contributed by atoms with E-state index in [2.05, 4.69) is 4.98 Å². The minimum Gasteiger partial charge on any atom is -0.358 e. The summed E-state index contributed by atoms with van der Waals surface area (Å²) in [5.74, 6) is -0.715. The average molecular weight is 238 g/mol. The molecule has 0 saturated heterocycles. The fourth-order valence-electron chi connectivity index (χ4n) is 1.02. The van der Waals surface area contributed by atoms with Crippen LogP contribution in [0, 0.1) is 10.1 Å². The standard InChI is InChI=1S/C7H6ClF2N3O2/c8-4-1-5(13(14)15)12-6(7(9)10)3(4)2-11/h1,7H,2,11H2. The molecule has 5 nitrogen and oxygen atoms in total. The van der Waals surface area contributed by atoms with Crippen molar-refractivity contribution in [1.29, 1.82) is 0 Å². The first-order chi connectivity index (χ1) is 6.97. The Morgan fingerprint density at radius 2 is 2.27 bits per heavy atom. The van der Waals surface area contributed by atoms with Gasteiger partial charge in [-0.2, -0.15) is 0 Å². The van der Waals surface area contributed by atoms with E-state index in [0.29, 0.717) is 0 Å². The van der Waals surface area contributed by atoms with Gasteiger partial charge in [0.1, 0.15) is 0 Å². The van der Waals surface area contributed by atoms with Crippen LogP contribution in [0.15, 0.2) is 6.07 Å². The highest BCUT2D eigenvalue weighted by Gasteiger charge is 2.25. The molecule has 1 aromatic rings. The van der Waals surface area contributed by atoms with Crippen LogP contribution < -0.4 is 5.73 Å². The fraction of sp³-hybridized carbons (Fsp3) is 0.286. The number of nitrogens with zero attached hydrogens (tertiary/aromatic N) is 2. The monoisotopic (exact) mass is 237 g/mol. The quantitative estimate of drug-likeness (QED) is 0.644. The van der Waals surface area contributed by atoms with E-state index >= 15 is 0 Å². The number of aromatic nitrogens is 1. The van der Waals surface area contributed by atoms with Gasteiger partial charge in [-0.3, -0.25) is 0 Å². The van der Waals surface area contributed by atoms with Crippen LogP contribution in [0.3, 0.4) is 0 Å². The summed E-state index contributed by atoms with van der Waals surface area (Å²) in [7, 11) is 0. The van der Waals surface area contributed by atoms with Crippen molar-refractivity contribution in [2.45, 2.75) is 13.0 Å². The lowest BCUT2D eigenvalue weighted by molar-refractivity contribution is -0.389. The molecule has 15 heavy (non-hydrogen) atoms. The van der Waals surface area contributed by atoms with E-state index in [1.807, 2.05) is 0 Å². The molecule has 0 saturated carbocycles. The molecule has 8 heteroatoms. The number of hydrogen-bond donors (Lipinski definition) is 1. The summed E-state index contributed by atoms with van der Waals surface area (Å²) in [6.45, 7) is -0.247. The summed E-state index contributed by atoms with van der Waals surface area (Å²) in [6, 6.07) is 0.898. The summed E-state index contributed by atoms with van der Waals surface area (Å²) in [6.07, 6.45) is -2.94. The predicted octanol–water partition coefficient (Wildman–Crippen LogP) is 2.04. The molecule has 0 radical (unpaired) electrons. The zero-order valence-electron chi connectivity index (χ0n) is 7.28. The highest BCUT2D eigenvalue weighted by molar-refractivity contribution is 6.31. The third-order valence-corrected chi connectivity index (χ3v) is 2.02. The van der Waals surface area contributed by atoms with Crippen molar-refractivity contribution in [2.75, 3.05) is 0 Å². The van der Waals surface area contributed by atoms with Gasteiger partial charge in [0.25, 0.3) is 0 Å². The number of pyridine rings is 1. The number of hydrogen-bond acceptors (Lipinski definition) is 4. The van der Waals surface area contributed by atoms with E-state index in [9.17, 15) is 18.9 Å². The molecule has 0 spiro atoms. The lowest BCUT2D eigenvalue weighted by Gasteiger charge is -2.04. The van der Waals surface area contributed by atoms with Crippen LogP contribution in [0.1, 0.15) is 17.7 Å². The molecule has 1 heterocycles. The van der Waals surface area contributed by atoms with Gasteiger partial charge in [-0.15, -0.1) is 0 Å². The molecule has 0 aliphatic rings. The second kappa shape index (κ2) is 4.45. The molecule has 0 fully saturated rings. The Bertz CT molecular complexity index is 400. The highest BCUT2D eigenvalue weighted by Crippen LogP contribution is 2.29. The summed E-state index contributed by atoms with van der Waals surface area (Å²) >= 11 is 5.57. The molecule has 1 rings (SSSR count). The van der Waals surface area contributed by atoms with Gasteiger partial charge in [0, 0.05) is 12.1 Å². The van der Waals surface area contributed by atoms with Crippen LogP contribution in [-0.4, -0.2) is 9.91 Å². The highest BCUT2D eigenvalue weighted by atomic mass is 35.5. The van der Waals surface area contributed by atoms with Crippen molar-refractivity contribution in [3.63, 3.8) is 0 Å². The third-order valence-electron chi connectivity index (χ3n) is 1.69. The summed E-state index contributed by atoms with van der Waals surface area (Å²) < 4.78 is 24.9. The SMILES string of the molecule is NCc1c(Cl)cc([N+](=O)[O-])nc1C(F)F. The minimum atomic E-state index is -2.94. The maximum atomic E-state index is 12.4. The van der Waals surface area contributed by atoms with Gasteiger partial charge in [-0.05, 0) is 9.91 Å². The van der Waals surface area contributed by atoms with Crippen molar-refractivity contribution in [3.05, 3.63) is 32.5 Å². The van der Waals surface area contributed by atoms with Gasteiger partial charge >= 0.3 is 12.2 Å². The molecule has 0 unspecified atom stereocenters. The minimum absolute atomic E-state index is 0.0720. The molecule has 1 aromatic heterocycles. The second-order valence-corrected chi connectivity index (χ2v) is 3.00. The van der Waals surface area contributed by atoms with Gasteiger partial charge in [-0.1, -0.05) is 11.6 Å². The molecular formula is C7H6ClF2N3O2. The largest absolute Gasteiger partial charge is 0.365 e. The average Bonchev–Trinajstić information content (AvgIpc) is 2.16. The number of nitrogens with two attached hydrogens (primary N) is 1. The Labute approximate surface area is 88.0 Å². The van der Waals surface area contributed by atoms with E-state index < -0.39 is 22.9 Å². The van der Waals surface area contributed by atoms with Gasteiger partial charge in [0.2, 0.25) is 5.69 Å². The lowest BCUT2D eigenvalue weighted by atomic mass is 10.2. The summed E-state index contributed by atoms with van der Waals surface area (Å²) in [5.41, 5.74) is 4.38. The first-order valence-corrected chi connectivity index (χ1v) is 4.17. The molecule has 0 aliphatic carbocycles. The van der Waals surface area contributed by atoms with Gasteiger partial charge < -0.3 is 15.8 Å². The van der Waals surface area contributed by atoms with Crippen molar-refractivity contribution in [3.8, 4) is 0 Å². The van der Waals surface area contributed by atoms with Gasteiger partial charge in [0.15, 0.2) is 0 Å². The maximum absolute atomic E-state index is 12.4. The predicted molar refractivity (Wildman–Crippen MR) is 48.7 cm³/mol. The smallest absolute Gasteiger partial charge is 0.358 e. The Kier molecular flexibility index (Phi) is 3.48. The molecule has 0 aromatic carbocycles. The molecule has 0 aliphatic heterocycles. The first-order valence-electron chi connectivity index (χ1n) is 3.79. The first kappa shape index (κ1) is 11.7. The van der Waals surface area contributed by atoms with Crippen molar-refractivity contribution in [1.82, 2.24) is 4.98 Å². The maximum Gasteiger partial charge on any atom is 0.365 e. The summed E-state index contributed by atoms with van der Waals surface area (Å²) in [4.78, 5) is 12.6. The van der Waals surface area contributed by atoms with Gasteiger partial charge in [-0.25, -0.2) is 8.78 Å².